The molecule has 0 unspecified atom stereocenters. The first-order valence-electron chi connectivity index (χ1n) is 5.74. The first kappa shape index (κ1) is 13.2. The van der Waals surface area contributed by atoms with Gasteiger partial charge in [-0.1, -0.05) is 30.3 Å². The second-order valence-electron chi connectivity index (χ2n) is 3.58. The molecule has 0 saturated carbocycles. The lowest BCUT2D eigenvalue weighted by Crippen LogP contribution is -2.05. The molecule has 0 spiro atoms. The molecule has 3 nitrogen and oxygen atoms in total. The Labute approximate surface area is 97.0 Å². The van der Waals surface area contributed by atoms with Gasteiger partial charge in [0.15, 0.2) is 0 Å². The smallest absolute Gasteiger partial charge is 0.0718 e. The maximum absolute atomic E-state index is 8.55. The number of aliphatic hydroxyl groups is 1. The van der Waals surface area contributed by atoms with Gasteiger partial charge in [-0.05, 0) is 18.4 Å². The van der Waals surface area contributed by atoms with E-state index in [0.29, 0.717) is 26.4 Å². The van der Waals surface area contributed by atoms with Crippen LogP contribution in [0, 0.1) is 0 Å². The third kappa shape index (κ3) is 6.56. The summed E-state index contributed by atoms with van der Waals surface area (Å²) in [7, 11) is 0. The molecule has 1 aromatic carbocycles. The van der Waals surface area contributed by atoms with E-state index in [1.807, 2.05) is 30.3 Å². The summed E-state index contributed by atoms with van der Waals surface area (Å²) in [5.41, 5.74) is 1.18. The fraction of sp³-hybridized carbons (Fsp3) is 0.538. The molecule has 1 rings (SSSR count). The Bertz CT molecular complexity index is 249. The van der Waals surface area contributed by atoms with Gasteiger partial charge in [-0.3, -0.25) is 0 Å². The van der Waals surface area contributed by atoms with Crippen molar-refractivity contribution in [2.75, 3.05) is 26.4 Å². The van der Waals surface area contributed by atoms with Gasteiger partial charge in [-0.25, -0.2) is 0 Å². The lowest BCUT2D eigenvalue weighted by Gasteiger charge is -2.05. The minimum atomic E-state index is 0.244. The van der Waals surface area contributed by atoms with Gasteiger partial charge >= 0.3 is 0 Å². The van der Waals surface area contributed by atoms with E-state index in [2.05, 4.69) is 0 Å². The summed E-state index contributed by atoms with van der Waals surface area (Å²) in [6.45, 7) is 2.83. The highest BCUT2D eigenvalue weighted by molar-refractivity contribution is 5.13. The van der Waals surface area contributed by atoms with E-state index in [9.17, 15) is 0 Å². The van der Waals surface area contributed by atoms with E-state index >= 15 is 0 Å². The zero-order chi connectivity index (χ0) is 11.5. The van der Waals surface area contributed by atoms with Crippen LogP contribution in [0.5, 0.6) is 0 Å². The molecule has 3 heteroatoms. The van der Waals surface area contributed by atoms with E-state index in [1.165, 1.54) is 5.56 Å². The molecule has 0 heterocycles. The second-order valence-corrected chi connectivity index (χ2v) is 3.58. The monoisotopic (exact) mass is 224 g/mol. The van der Waals surface area contributed by atoms with E-state index in [4.69, 9.17) is 14.6 Å². The van der Waals surface area contributed by atoms with Crippen LogP contribution in [0.1, 0.15) is 18.4 Å². The molecule has 0 aliphatic heterocycles. The van der Waals surface area contributed by atoms with Crippen LogP contribution in [0.2, 0.25) is 0 Å². The topological polar surface area (TPSA) is 38.7 Å². The molecular weight excluding hydrogens is 204 g/mol. The fourth-order valence-corrected chi connectivity index (χ4v) is 1.30. The van der Waals surface area contributed by atoms with Gasteiger partial charge in [0.1, 0.15) is 0 Å². The molecule has 0 bridgehead atoms. The summed E-state index contributed by atoms with van der Waals surface area (Å²) in [5, 5.41) is 8.55. The number of benzene rings is 1. The summed E-state index contributed by atoms with van der Waals surface area (Å²) in [5.74, 6) is 0. The highest BCUT2D eigenvalue weighted by Gasteiger charge is 1.92. The molecule has 0 atom stereocenters. The number of ether oxygens (including phenoxy) is 2. The molecule has 0 aromatic heterocycles. The molecule has 0 amide bonds. The third-order valence-electron chi connectivity index (χ3n) is 2.18. The maximum atomic E-state index is 8.55. The van der Waals surface area contributed by atoms with Crippen molar-refractivity contribution in [3.8, 4) is 0 Å². The molecule has 0 aliphatic rings. The lowest BCUT2D eigenvalue weighted by atomic mass is 10.2. The molecule has 0 aliphatic carbocycles. The summed E-state index contributed by atoms with van der Waals surface area (Å²) in [6, 6.07) is 10.1. The van der Waals surface area contributed by atoms with E-state index in [0.717, 1.165) is 12.8 Å². The van der Waals surface area contributed by atoms with Gasteiger partial charge < -0.3 is 14.6 Å². The Morgan fingerprint density at radius 1 is 0.875 bits per heavy atom. The van der Waals surface area contributed by atoms with Crippen molar-refractivity contribution in [3.05, 3.63) is 35.9 Å². The van der Waals surface area contributed by atoms with Crippen LogP contribution in [-0.2, 0) is 16.1 Å². The van der Waals surface area contributed by atoms with Crippen molar-refractivity contribution >= 4 is 0 Å². The Hall–Kier alpha value is -0.900. The molecule has 0 radical (unpaired) electrons. The zero-order valence-electron chi connectivity index (χ0n) is 9.60. The van der Waals surface area contributed by atoms with Gasteiger partial charge in [0.2, 0.25) is 0 Å². The minimum Gasteiger partial charge on any atom is -0.396 e. The van der Waals surface area contributed by atoms with Gasteiger partial charge in [-0.2, -0.15) is 0 Å². The van der Waals surface area contributed by atoms with Crippen LogP contribution in [0.4, 0.5) is 0 Å². The molecule has 0 saturated heterocycles. The number of hydrogen-bond donors (Lipinski definition) is 1. The van der Waals surface area contributed by atoms with Crippen molar-refractivity contribution in [3.63, 3.8) is 0 Å². The quantitative estimate of drug-likeness (QED) is 0.652. The summed E-state index contributed by atoms with van der Waals surface area (Å²) >= 11 is 0. The average Bonchev–Trinajstić information content (AvgIpc) is 2.34. The highest BCUT2D eigenvalue weighted by Crippen LogP contribution is 2.00. The van der Waals surface area contributed by atoms with E-state index in [1.54, 1.807) is 0 Å². The molecule has 16 heavy (non-hydrogen) atoms. The summed E-state index contributed by atoms with van der Waals surface area (Å²) in [4.78, 5) is 0. The minimum absolute atomic E-state index is 0.244. The van der Waals surface area contributed by atoms with E-state index in [-0.39, 0.29) is 6.61 Å². The van der Waals surface area contributed by atoms with Crippen molar-refractivity contribution in [1.29, 1.82) is 0 Å². The summed E-state index contributed by atoms with van der Waals surface area (Å²) < 4.78 is 10.8. The predicted molar refractivity (Wildman–Crippen MR) is 63.2 cm³/mol. The van der Waals surface area contributed by atoms with Crippen LogP contribution in [0.25, 0.3) is 0 Å². The van der Waals surface area contributed by atoms with Crippen LogP contribution >= 0.6 is 0 Å². The van der Waals surface area contributed by atoms with Crippen LogP contribution in [0.3, 0.4) is 0 Å². The van der Waals surface area contributed by atoms with Gasteiger partial charge in [0.05, 0.1) is 19.8 Å². The predicted octanol–water partition coefficient (Wildman–Crippen LogP) is 1.99. The molecular formula is C13H20O3. The molecule has 90 valence electrons. The van der Waals surface area contributed by atoms with Crippen LogP contribution in [0.15, 0.2) is 30.3 Å². The second kappa shape index (κ2) is 9.33. The number of aliphatic hydroxyl groups excluding tert-OH is 1. The lowest BCUT2D eigenvalue weighted by molar-refractivity contribution is 0.0384. The largest absolute Gasteiger partial charge is 0.396 e. The van der Waals surface area contributed by atoms with Crippen molar-refractivity contribution in [2.45, 2.75) is 19.4 Å². The van der Waals surface area contributed by atoms with Gasteiger partial charge in [0.25, 0.3) is 0 Å². The summed E-state index contributed by atoms with van der Waals surface area (Å²) in [6.07, 6.45) is 1.72. The Morgan fingerprint density at radius 2 is 1.62 bits per heavy atom. The van der Waals surface area contributed by atoms with E-state index < -0.39 is 0 Å². The molecule has 0 fully saturated rings. The highest BCUT2D eigenvalue weighted by atomic mass is 16.5. The van der Waals surface area contributed by atoms with Crippen molar-refractivity contribution in [2.24, 2.45) is 0 Å². The van der Waals surface area contributed by atoms with Gasteiger partial charge in [0, 0.05) is 13.2 Å². The molecule has 1 N–H and O–H groups in total. The molecule has 1 aromatic rings. The van der Waals surface area contributed by atoms with Crippen molar-refractivity contribution in [1.82, 2.24) is 0 Å². The van der Waals surface area contributed by atoms with Crippen LogP contribution < -0.4 is 0 Å². The zero-order valence-corrected chi connectivity index (χ0v) is 9.60. The van der Waals surface area contributed by atoms with Crippen LogP contribution in [-0.4, -0.2) is 31.5 Å². The third-order valence-corrected chi connectivity index (χ3v) is 2.18. The Balaban J connectivity index is 1.89. The number of unbranched alkanes of at least 4 members (excludes halogenated alkanes) is 1. The normalized spacial score (nSPS) is 10.6. The SMILES string of the molecule is OCCCCOCCOCc1ccccc1. The Kier molecular flexibility index (Phi) is 7.68. The maximum Gasteiger partial charge on any atom is 0.0718 e. The fourth-order valence-electron chi connectivity index (χ4n) is 1.30. The first-order chi connectivity index (χ1) is 7.93. The standard InChI is InChI=1S/C13H20O3/c14-8-4-5-9-15-10-11-16-12-13-6-2-1-3-7-13/h1-3,6-7,14H,4-5,8-12H2. The average molecular weight is 224 g/mol. The number of hydrogen-bond acceptors (Lipinski definition) is 3. The van der Waals surface area contributed by atoms with Crippen molar-refractivity contribution < 1.29 is 14.6 Å². The van der Waals surface area contributed by atoms with Gasteiger partial charge in [-0.15, -0.1) is 0 Å². The first-order valence-corrected chi connectivity index (χ1v) is 5.74. The Morgan fingerprint density at radius 3 is 2.38 bits per heavy atom. The number of rotatable bonds is 9.